The first-order valence-electron chi connectivity index (χ1n) is 8.20. The minimum Gasteiger partial charge on any atom is -0.493 e. The number of para-hydroxylation sites is 4. The van der Waals surface area contributed by atoms with E-state index in [4.69, 9.17) is 14.2 Å². The van der Waals surface area contributed by atoms with E-state index in [1.807, 2.05) is 48.5 Å². The predicted molar refractivity (Wildman–Crippen MR) is 95.5 cm³/mol. The lowest BCUT2D eigenvalue weighted by Crippen LogP contribution is -2.33. The van der Waals surface area contributed by atoms with Gasteiger partial charge in [-0.2, -0.15) is 0 Å². The van der Waals surface area contributed by atoms with Crippen LogP contribution in [0.3, 0.4) is 0 Å². The van der Waals surface area contributed by atoms with Crippen LogP contribution in [0.4, 0.5) is 10.5 Å². The number of likely N-dealkylation sites (tertiary alicyclic amines) is 1. The van der Waals surface area contributed by atoms with E-state index < -0.39 is 0 Å². The topological polar surface area (TPSA) is 60.0 Å². The van der Waals surface area contributed by atoms with Gasteiger partial charge in [-0.1, -0.05) is 24.3 Å². The van der Waals surface area contributed by atoms with Crippen molar-refractivity contribution in [1.82, 2.24) is 4.90 Å². The van der Waals surface area contributed by atoms with Gasteiger partial charge in [0.15, 0.2) is 17.2 Å². The number of hydrogen-bond acceptors (Lipinski definition) is 4. The van der Waals surface area contributed by atoms with Crippen molar-refractivity contribution in [2.45, 2.75) is 12.5 Å². The summed E-state index contributed by atoms with van der Waals surface area (Å²) < 4.78 is 16.6. The number of benzene rings is 2. The number of nitrogens with zero attached hydrogens (tertiary/aromatic N) is 1. The summed E-state index contributed by atoms with van der Waals surface area (Å²) in [7, 11) is 3.26. The Morgan fingerprint density at radius 2 is 1.72 bits per heavy atom. The number of nitrogens with one attached hydrogen (secondary N) is 1. The van der Waals surface area contributed by atoms with Gasteiger partial charge in [0, 0.05) is 20.2 Å². The molecule has 6 heteroatoms. The van der Waals surface area contributed by atoms with Gasteiger partial charge in [-0.05, 0) is 30.7 Å². The fraction of sp³-hybridized carbons (Fsp3) is 0.316. The van der Waals surface area contributed by atoms with Gasteiger partial charge in [-0.3, -0.25) is 0 Å². The quantitative estimate of drug-likeness (QED) is 0.899. The molecule has 1 saturated heterocycles. The molecule has 0 aliphatic carbocycles. The summed E-state index contributed by atoms with van der Waals surface area (Å²) in [6.07, 6.45) is 0.953. The van der Waals surface area contributed by atoms with E-state index >= 15 is 0 Å². The van der Waals surface area contributed by atoms with Gasteiger partial charge in [-0.15, -0.1) is 0 Å². The lowest BCUT2D eigenvalue weighted by atomic mass is 10.2. The number of anilines is 1. The van der Waals surface area contributed by atoms with E-state index in [-0.39, 0.29) is 12.1 Å². The zero-order valence-electron chi connectivity index (χ0n) is 14.4. The van der Waals surface area contributed by atoms with Crippen molar-refractivity contribution in [1.29, 1.82) is 0 Å². The molecule has 2 aromatic carbocycles. The van der Waals surface area contributed by atoms with Crippen LogP contribution in [0.1, 0.15) is 6.42 Å². The van der Waals surface area contributed by atoms with Crippen molar-refractivity contribution in [3.8, 4) is 17.2 Å². The normalized spacial score (nSPS) is 16.6. The van der Waals surface area contributed by atoms with Gasteiger partial charge in [0.25, 0.3) is 0 Å². The molecule has 2 aromatic rings. The van der Waals surface area contributed by atoms with Crippen LogP contribution in [0.25, 0.3) is 0 Å². The summed E-state index contributed by atoms with van der Waals surface area (Å²) >= 11 is 0. The summed E-state index contributed by atoms with van der Waals surface area (Å²) in [6, 6.07) is 14.6. The van der Waals surface area contributed by atoms with E-state index in [1.165, 1.54) is 0 Å². The largest absolute Gasteiger partial charge is 0.493 e. The molecule has 1 heterocycles. The van der Waals surface area contributed by atoms with Crippen molar-refractivity contribution >= 4 is 11.7 Å². The molecule has 0 spiro atoms. The van der Waals surface area contributed by atoms with Crippen LogP contribution < -0.4 is 14.8 Å². The Kier molecular flexibility index (Phi) is 5.40. The van der Waals surface area contributed by atoms with Crippen LogP contribution in [0.5, 0.6) is 17.2 Å². The van der Waals surface area contributed by atoms with Crippen molar-refractivity contribution in [3.05, 3.63) is 48.5 Å². The Labute approximate surface area is 147 Å². The minimum absolute atomic E-state index is 0.103. The molecule has 0 unspecified atom stereocenters. The molecule has 0 saturated carbocycles. The maximum absolute atomic E-state index is 12.5. The second-order valence-corrected chi connectivity index (χ2v) is 5.77. The fourth-order valence-corrected chi connectivity index (χ4v) is 2.78. The minimum atomic E-state index is -0.157. The molecule has 0 bridgehead atoms. The van der Waals surface area contributed by atoms with Gasteiger partial charge >= 0.3 is 6.03 Å². The average molecular weight is 342 g/mol. The van der Waals surface area contributed by atoms with Crippen molar-refractivity contribution in [3.63, 3.8) is 0 Å². The van der Waals surface area contributed by atoms with Gasteiger partial charge in [-0.25, -0.2) is 4.79 Å². The Balaban J connectivity index is 1.74. The third-order valence-corrected chi connectivity index (χ3v) is 4.18. The van der Waals surface area contributed by atoms with Gasteiger partial charge in [0.2, 0.25) is 0 Å². The zero-order valence-corrected chi connectivity index (χ0v) is 14.4. The van der Waals surface area contributed by atoms with E-state index in [9.17, 15) is 4.79 Å². The summed E-state index contributed by atoms with van der Waals surface area (Å²) in [4.78, 5) is 14.2. The van der Waals surface area contributed by atoms with Gasteiger partial charge < -0.3 is 24.4 Å². The first kappa shape index (κ1) is 17.1. The average Bonchev–Trinajstić information content (AvgIpc) is 3.13. The van der Waals surface area contributed by atoms with Gasteiger partial charge in [0.1, 0.15) is 0 Å². The lowest BCUT2D eigenvalue weighted by molar-refractivity contribution is 0.111. The second-order valence-electron chi connectivity index (χ2n) is 5.77. The number of amides is 2. The van der Waals surface area contributed by atoms with Crippen LogP contribution in [-0.4, -0.2) is 44.3 Å². The monoisotopic (exact) mass is 342 g/mol. The summed E-state index contributed by atoms with van der Waals surface area (Å²) in [6.45, 7) is 1.28. The number of carbonyl (C=O) groups excluding carboxylic acids is 1. The molecule has 0 aromatic heterocycles. The van der Waals surface area contributed by atoms with E-state index in [0.29, 0.717) is 36.0 Å². The Morgan fingerprint density at radius 1 is 1.04 bits per heavy atom. The number of urea groups is 1. The SMILES string of the molecule is COc1ccccc1Oc1ccccc1NC(=O)N1CC[C@H](OC)C1. The fourth-order valence-electron chi connectivity index (χ4n) is 2.78. The zero-order chi connectivity index (χ0) is 17.6. The number of rotatable bonds is 5. The smallest absolute Gasteiger partial charge is 0.322 e. The van der Waals surface area contributed by atoms with Crippen molar-refractivity contribution in [2.75, 3.05) is 32.6 Å². The highest BCUT2D eigenvalue weighted by molar-refractivity contribution is 5.91. The van der Waals surface area contributed by atoms with E-state index in [1.54, 1.807) is 19.1 Å². The summed E-state index contributed by atoms with van der Waals surface area (Å²) in [5.74, 6) is 1.78. The van der Waals surface area contributed by atoms with E-state index in [0.717, 1.165) is 6.42 Å². The number of ether oxygens (including phenoxy) is 3. The van der Waals surface area contributed by atoms with Crippen molar-refractivity contribution < 1.29 is 19.0 Å². The summed E-state index contributed by atoms with van der Waals surface area (Å²) in [5.41, 5.74) is 0.610. The molecule has 2 amide bonds. The molecule has 6 nitrogen and oxygen atoms in total. The molecule has 1 atom stereocenters. The molecular formula is C19H22N2O4. The Morgan fingerprint density at radius 3 is 2.40 bits per heavy atom. The van der Waals surface area contributed by atoms with Crippen LogP contribution in [-0.2, 0) is 4.74 Å². The molecule has 1 fully saturated rings. The highest BCUT2D eigenvalue weighted by Crippen LogP contribution is 2.35. The molecule has 1 N–H and O–H groups in total. The van der Waals surface area contributed by atoms with E-state index in [2.05, 4.69) is 5.32 Å². The molecule has 1 aliphatic rings. The molecule has 0 radical (unpaired) electrons. The molecule has 132 valence electrons. The molecule has 3 rings (SSSR count). The number of methoxy groups -OCH3 is 2. The second kappa shape index (κ2) is 7.90. The first-order chi connectivity index (χ1) is 12.2. The predicted octanol–water partition coefficient (Wildman–Crippen LogP) is 3.74. The third-order valence-electron chi connectivity index (χ3n) is 4.18. The maximum Gasteiger partial charge on any atom is 0.322 e. The Hall–Kier alpha value is -2.73. The van der Waals surface area contributed by atoms with Crippen LogP contribution >= 0.6 is 0 Å². The van der Waals surface area contributed by atoms with Gasteiger partial charge in [0.05, 0.1) is 18.9 Å². The maximum atomic E-state index is 12.5. The highest BCUT2D eigenvalue weighted by Gasteiger charge is 2.26. The molecule has 1 aliphatic heterocycles. The molecular weight excluding hydrogens is 320 g/mol. The van der Waals surface area contributed by atoms with Crippen molar-refractivity contribution in [2.24, 2.45) is 0 Å². The van der Waals surface area contributed by atoms with Crippen LogP contribution in [0, 0.1) is 0 Å². The number of carbonyl (C=O) groups is 1. The first-order valence-corrected chi connectivity index (χ1v) is 8.20. The standard InChI is InChI=1S/C19H22N2O4/c1-23-14-11-12-21(13-14)19(22)20-15-7-3-4-8-16(15)25-18-10-6-5-9-17(18)24-2/h3-10,14H,11-13H2,1-2H3,(H,20,22)/t14-/m0/s1. The number of hydrogen-bond donors (Lipinski definition) is 1. The highest BCUT2D eigenvalue weighted by atomic mass is 16.5. The molecule has 25 heavy (non-hydrogen) atoms. The summed E-state index contributed by atoms with van der Waals surface area (Å²) in [5, 5.41) is 2.92. The van der Waals surface area contributed by atoms with Crippen LogP contribution in [0.2, 0.25) is 0 Å². The Bertz CT molecular complexity index is 735. The third kappa shape index (κ3) is 4.03. The lowest BCUT2D eigenvalue weighted by Gasteiger charge is -2.19. The van der Waals surface area contributed by atoms with Crippen LogP contribution in [0.15, 0.2) is 48.5 Å².